The Bertz CT molecular complexity index is 368. The van der Waals surface area contributed by atoms with E-state index in [4.69, 9.17) is 4.74 Å². The third kappa shape index (κ3) is 4.68. The maximum atomic E-state index is 12.1. The van der Waals surface area contributed by atoms with Crippen molar-refractivity contribution in [2.75, 3.05) is 52.5 Å². The van der Waals surface area contributed by atoms with Crippen molar-refractivity contribution in [3.05, 3.63) is 0 Å². The summed E-state index contributed by atoms with van der Waals surface area (Å²) in [5.41, 5.74) is 0. The second kappa shape index (κ2) is 6.99. The predicted octanol–water partition coefficient (Wildman–Crippen LogP) is -0.115. The Morgan fingerprint density at radius 2 is 2.00 bits per heavy atom. The third-order valence-electron chi connectivity index (χ3n) is 3.78. The maximum Gasteiger partial charge on any atom is 0.279 e. The molecule has 2 saturated heterocycles. The molecule has 1 N–H and O–H groups in total. The Hall–Kier alpha value is -0.210. The van der Waals surface area contributed by atoms with Gasteiger partial charge >= 0.3 is 0 Å². The molecule has 0 aromatic rings. The minimum Gasteiger partial charge on any atom is -0.379 e. The quantitative estimate of drug-likeness (QED) is 0.767. The zero-order valence-electron chi connectivity index (χ0n) is 11.7. The number of morpholine rings is 1. The van der Waals surface area contributed by atoms with E-state index in [1.807, 2.05) is 0 Å². The summed E-state index contributed by atoms with van der Waals surface area (Å²) in [6, 6.07) is 0. The van der Waals surface area contributed by atoms with Gasteiger partial charge in [-0.2, -0.15) is 12.7 Å². The van der Waals surface area contributed by atoms with Crippen LogP contribution in [0.5, 0.6) is 0 Å². The van der Waals surface area contributed by atoms with Crippen LogP contribution in [-0.2, 0) is 14.9 Å². The number of hydrogen-bond donors (Lipinski definition) is 1. The fourth-order valence-electron chi connectivity index (χ4n) is 2.61. The largest absolute Gasteiger partial charge is 0.379 e. The topological polar surface area (TPSA) is 61.9 Å². The van der Waals surface area contributed by atoms with Gasteiger partial charge in [-0.05, 0) is 18.8 Å². The smallest absolute Gasteiger partial charge is 0.279 e. The average molecular weight is 291 g/mol. The van der Waals surface area contributed by atoms with Gasteiger partial charge in [0.15, 0.2) is 0 Å². The second-order valence-electron chi connectivity index (χ2n) is 5.46. The molecule has 0 bridgehead atoms. The molecule has 19 heavy (non-hydrogen) atoms. The van der Waals surface area contributed by atoms with Crippen LogP contribution >= 0.6 is 0 Å². The van der Waals surface area contributed by atoms with Crippen molar-refractivity contribution in [2.24, 2.45) is 5.92 Å². The molecule has 0 amide bonds. The van der Waals surface area contributed by atoms with Gasteiger partial charge in [0.25, 0.3) is 10.2 Å². The Morgan fingerprint density at radius 1 is 1.26 bits per heavy atom. The van der Waals surface area contributed by atoms with E-state index in [1.54, 1.807) is 4.31 Å². The van der Waals surface area contributed by atoms with Gasteiger partial charge in [-0.15, -0.1) is 0 Å². The first-order valence-electron chi connectivity index (χ1n) is 7.13. The summed E-state index contributed by atoms with van der Waals surface area (Å²) in [6.07, 6.45) is 2.09. The van der Waals surface area contributed by atoms with Crippen LogP contribution in [0.3, 0.4) is 0 Å². The third-order valence-corrected chi connectivity index (χ3v) is 5.36. The van der Waals surface area contributed by atoms with Gasteiger partial charge in [-0.25, -0.2) is 4.72 Å². The highest BCUT2D eigenvalue weighted by Crippen LogP contribution is 2.17. The summed E-state index contributed by atoms with van der Waals surface area (Å²) in [6.45, 7) is 7.91. The predicted molar refractivity (Wildman–Crippen MR) is 74.2 cm³/mol. The Kier molecular flexibility index (Phi) is 5.58. The van der Waals surface area contributed by atoms with Crippen LogP contribution < -0.4 is 4.72 Å². The van der Waals surface area contributed by atoms with Gasteiger partial charge < -0.3 is 4.74 Å². The van der Waals surface area contributed by atoms with Gasteiger partial charge in [-0.3, -0.25) is 4.90 Å². The lowest BCUT2D eigenvalue weighted by molar-refractivity contribution is 0.0390. The SMILES string of the molecule is C[C@H]1CCCN(S(=O)(=O)NCCN2CCOCC2)C1. The molecule has 0 radical (unpaired) electrons. The lowest BCUT2D eigenvalue weighted by Gasteiger charge is -2.31. The summed E-state index contributed by atoms with van der Waals surface area (Å²) >= 11 is 0. The average Bonchev–Trinajstić information content (AvgIpc) is 2.40. The van der Waals surface area contributed by atoms with Gasteiger partial charge in [0.05, 0.1) is 13.2 Å². The number of hydrogen-bond acceptors (Lipinski definition) is 4. The summed E-state index contributed by atoms with van der Waals surface area (Å²) in [5, 5.41) is 0. The molecule has 0 aromatic heterocycles. The van der Waals surface area contributed by atoms with Crippen molar-refractivity contribution in [1.82, 2.24) is 13.9 Å². The van der Waals surface area contributed by atoms with Gasteiger partial charge in [0, 0.05) is 39.3 Å². The molecule has 112 valence electrons. The summed E-state index contributed by atoms with van der Waals surface area (Å²) in [5.74, 6) is 0.463. The molecule has 2 rings (SSSR count). The first kappa shape index (κ1) is 15.2. The van der Waals surface area contributed by atoms with Crippen molar-refractivity contribution in [1.29, 1.82) is 0 Å². The molecular weight excluding hydrogens is 266 g/mol. The number of nitrogens with one attached hydrogen (secondary N) is 1. The lowest BCUT2D eigenvalue weighted by Crippen LogP contribution is -2.48. The van der Waals surface area contributed by atoms with Gasteiger partial charge in [-0.1, -0.05) is 6.92 Å². The summed E-state index contributed by atoms with van der Waals surface area (Å²) in [7, 11) is -3.29. The van der Waals surface area contributed by atoms with Gasteiger partial charge in [0.1, 0.15) is 0 Å². The van der Waals surface area contributed by atoms with Crippen molar-refractivity contribution >= 4 is 10.2 Å². The highest BCUT2D eigenvalue weighted by molar-refractivity contribution is 7.87. The summed E-state index contributed by atoms with van der Waals surface area (Å²) in [4.78, 5) is 2.23. The van der Waals surface area contributed by atoms with Crippen LogP contribution in [0.1, 0.15) is 19.8 Å². The molecule has 7 heteroatoms. The molecule has 6 nitrogen and oxygen atoms in total. The fraction of sp³-hybridized carbons (Fsp3) is 1.00. The van der Waals surface area contributed by atoms with Crippen molar-refractivity contribution in [2.45, 2.75) is 19.8 Å². The standard InChI is InChI=1S/C12H25N3O3S/c1-12-3-2-5-15(11-12)19(16,17)13-4-6-14-7-9-18-10-8-14/h12-13H,2-11H2,1H3/t12-/m0/s1. The van der Waals surface area contributed by atoms with Crippen LogP contribution in [0.25, 0.3) is 0 Å². The van der Waals surface area contributed by atoms with Crippen LogP contribution in [0.4, 0.5) is 0 Å². The van der Waals surface area contributed by atoms with E-state index in [1.165, 1.54) is 0 Å². The number of ether oxygens (including phenoxy) is 1. The molecule has 2 heterocycles. The number of nitrogens with zero attached hydrogens (tertiary/aromatic N) is 2. The minimum absolute atomic E-state index is 0.463. The van der Waals surface area contributed by atoms with Crippen LogP contribution in [0.15, 0.2) is 0 Å². The maximum absolute atomic E-state index is 12.1. The van der Waals surface area contributed by atoms with Crippen LogP contribution in [-0.4, -0.2) is 70.1 Å². The fourth-order valence-corrected chi connectivity index (χ4v) is 3.97. The molecular formula is C12H25N3O3S. The zero-order chi connectivity index (χ0) is 13.7. The van der Waals surface area contributed by atoms with E-state index in [2.05, 4.69) is 16.5 Å². The lowest BCUT2D eigenvalue weighted by atomic mass is 10.0. The Morgan fingerprint density at radius 3 is 2.68 bits per heavy atom. The Labute approximate surface area is 116 Å². The molecule has 0 unspecified atom stereocenters. The van der Waals surface area contributed by atoms with E-state index in [9.17, 15) is 8.42 Å². The molecule has 2 fully saturated rings. The molecule has 0 aliphatic carbocycles. The van der Waals surface area contributed by atoms with E-state index >= 15 is 0 Å². The molecule has 0 saturated carbocycles. The molecule has 0 aromatic carbocycles. The highest BCUT2D eigenvalue weighted by atomic mass is 32.2. The monoisotopic (exact) mass is 291 g/mol. The number of piperidine rings is 1. The van der Waals surface area contributed by atoms with E-state index in [-0.39, 0.29) is 0 Å². The second-order valence-corrected chi connectivity index (χ2v) is 7.21. The van der Waals surface area contributed by atoms with E-state index < -0.39 is 10.2 Å². The van der Waals surface area contributed by atoms with E-state index in [0.717, 1.165) is 45.7 Å². The first-order valence-corrected chi connectivity index (χ1v) is 8.57. The normalized spacial score (nSPS) is 27.5. The zero-order valence-corrected chi connectivity index (χ0v) is 12.5. The number of rotatable bonds is 5. The molecule has 1 atom stereocenters. The molecule has 0 spiro atoms. The minimum atomic E-state index is -3.29. The van der Waals surface area contributed by atoms with Crippen molar-refractivity contribution in [3.8, 4) is 0 Å². The Balaban J connectivity index is 1.73. The summed E-state index contributed by atoms with van der Waals surface area (Å²) < 4.78 is 33.9. The van der Waals surface area contributed by atoms with Crippen LogP contribution in [0.2, 0.25) is 0 Å². The van der Waals surface area contributed by atoms with E-state index in [0.29, 0.717) is 25.6 Å². The van der Waals surface area contributed by atoms with Crippen molar-refractivity contribution < 1.29 is 13.2 Å². The van der Waals surface area contributed by atoms with Crippen molar-refractivity contribution in [3.63, 3.8) is 0 Å². The highest BCUT2D eigenvalue weighted by Gasteiger charge is 2.26. The first-order chi connectivity index (χ1) is 9.08. The molecule has 2 aliphatic rings. The van der Waals surface area contributed by atoms with Gasteiger partial charge in [0.2, 0.25) is 0 Å². The molecule has 2 aliphatic heterocycles. The van der Waals surface area contributed by atoms with Crippen LogP contribution in [0, 0.1) is 5.92 Å².